The van der Waals surface area contributed by atoms with Gasteiger partial charge in [0.05, 0.1) is 25.2 Å². The monoisotopic (exact) mass is 720 g/mol. The van der Waals surface area contributed by atoms with Gasteiger partial charge >= 0.3 is 0 Å². The van der Waals surface area contributed by atoms with Gasteiger partial charge in [0.1, 0.15) is 12.5 Å². The van der Waals surface area contributed by atoms with Crippen molar-refractivity contribution in [3.8, 4) is 0 Å². The number of hydrogen-bond donors (Lipinski definition) is 9. The number of guanidine groups is 1. The van der Waals surface area contributed by atoms with Crippen LogP contribution in [0.1, 0.15) is 69.1 Å². The summed E-state index contributed by atoms with van der Waals surface area (Å²) >= 11 is 0. The van der Waals surface area contributed by atoms with Crippen molar-refractivity contribution in [3.63, 3.8) is 0 Å². The van der Waals surface area contributed by atoms with E-state index in [0.717, 1.165) is 41.5 Å². The highest BCUT2D eigenvalue weighted by Crippen LogP contribution is 2.21. The molecule has 0 aliphatic rings. The fraction of sp³-hybridized carbons (Fsp3) is 0.474. The van der Waals surface area contributed by atoms with Crippen molar-refractivity contribution in [3.05, 3.63) is 84.1 Å². The van der Waals surface area contributed by atoms with Crippen LogP contribution in [0.2, 0.25) is 0 Å². The SMILES string of the molecule is C=C(NC(CCCCNC(=O)Cc1ccc(N)cc1)C(=C)N(C)C(CCCN=C(N)N)NCC(=O)NC(C)CC=O)c1cccc(CNC(C)O)c1. The van der Waals surface area contributed by atoms with Gasteiger partial charge in [-0.1, -0.05) is 43.5 Å². The van der Waals surface area contributed by atoms with Crippen LogP contribution in [0.4, 0.5) is 5.69 Å². The van der Waals surface area contributed by atoms with Gasteiger partial charge in [0.2, 0.25) is 11.8 Å². The Labute approximate surface area is 308 Å². The second kappa shape index (κ2) is 23.5. The van der Waals surface area contributed by atoms with Crippen molar-refractivity contribution in [2.24, 2.45) is 16.5 Å². The number of aliphatic hydroxyl groups is 1. The van der Waals surface area contributed by atoms with Gasteiger partial charge in [-0.3, -0.25) is 25.2 Å². The zero-order valence-electron chi connectivity index (χ0n) is 31.0. The molecule has 2 aromatic rings. The second-order valence-corrected chi connectivity index (χ2v) is 13.0. The summed E-state index contributed by atoms with van der Waals surface area (Å²) in [7, 11) is 1.92. The fourth-order valence-electron chi connectivity index (χ4n) is 5.45. The number of nitrogens with zero attached hydrogens (tertiary/aromatic N) is 2. The van der Waals surface area contributed by atoms with Gasteiger partial charge in [-0.15, -0.1) is 0 Å². The molecule has 14 heteroatoms. The lowest BCUT2D eigenvalue weighted by Crippen LogP contribution is -2.50. The molecule has 0 heterocycles. The molecule has 0 aliphatic carbocycles. The molecule has 286 valence electrons. The number of nitrogens with two attached hydrogens (primary N) is 3. The molecule has 0 aliphatic heterocycles. The lowest BCUT2D eigenvalue weighted by molar-refractivity contribution is -0.121. The summed E-state index contributed by atoms with van der Waals surface area (Å²) in [6.45, 7) is 13.7. The van der Waals surface area contributed by atoms with Crippen LogP contribution in [0, 0.1) is 0 Å². The van der Waals surface area contributed by atoms with Crippen molar-refractivity contribution >= 4 is 35.4 Å². The molecule has 0 saturated carbocycles. The standard InChI is InChI=1S/C38H60N10O4/c1-26(18-21-49)46-37(52)25-45-35(13-9-20-43-38(40)41)48(5)28(3)34(47-27(2)32-11-8-10-31(22-32)24-44-29(4)50)12-6-7-19-42-36(51)23-30-14-16-33(39)17-15-30/h8,10-11,14-17,21-22,26,29,34-35,44-45,47,50H,2-3,6-7,9,12-13,18-20,23-25,39H2,1,4-5H3,(H,42,51)(H,46,52)(H4,40,41,43). The lowest BCUT2D eigenvalue weighted by Gasteiger charge is -2.37. The van der Waals surface area contributed by atoms with Gasteiger partial charge in [0.15, 0.2) is 5.96 Å². The average molecular weight is 721 g/mol. The molecule has 2 aromatic carbocycles. The zero-order valence-corrected chi connectivity index (χ0v) is 31.0. The van der Waals surface area contributed by atoms with Crippen LogP contribution >= 0.6 is 0 Å². The van der Waals surface area contributed by atoms with Crippen LogP contribution in [-0.2, 0) is 27.3 Å². The van der Waals surface area contributed by atoms with E-state index in [0.29, 0.717) is 50.3 Å². The number of amides is 2. The van der Waals surface area contributed by atoms with Crippen LogP contribution < -0.4 is 43.8 Å². The Kier molecular flexibility index (Phi) is 19.6. The highest BCUT2D eigenvalue weighted by molar-refractivity contribution is 5.79. The smallest absolute Gasteiger partial charge is 0.234 e. The largest absolute Gasteiger partial charge is 0.399 e. The number of carbonyl (C=O) groups is 3. The molecule has 14 nitrogen and oxygen atoms in total. The summed E-state index contributed by atoms with van der Waals surface area (Å²) in [6.07, 6.45) is 3.81. The first-order valence-electron chi connectivity index (χ1n) is 17.8. The van der Waals surface area contributed by atoms with Crippen LogP contribution in [0.25, 0.3) is 5.70 Å². The van der Waals surface area contributed by atoms with E-state index in [1.54, 1.807) is 26.0 Å². The molecular weight excluding hydrogens is 660 g/mol. The molecule has 0 aromatic heterocycles. The Morgan fingerprint density at radius 1 is 0.962 bits per heavy atom. The number of benzene rings is 2. The number of likely N-dealkylation sites (N-methyl/N-ethyl adjacent to an activating group) is 1. The van der Waals surface area contributed by atoms with Gasteiger partial charge < -0.3 is 48.0 Å². The van der Waals surface area contributed by atoms with Gasteiger partial charge in [-0.2, -0.15) is 0 Å². The molecule has 0 saturated heterocycles. The summed E-state index contributed by atoms with van der Waals surface area (Å²) in [6, 6.07) is 14.7. The number of aldehydes is 1. The molecule has 4 atom stereocenters. The number of nitrogen functional groups attached to an aromatic ring is 1. The van der Waals surface area contributed by atoms with E-state index >= 15 is 0 Å². The molecule has 0 radical (unpaired) electrons. The van der Waals surface area contributed by atoms with Crippen molar-refractivity contribution in [2.45, 2.75) is 89.8 Å². The number of nitrogens with one attached hydrogen (secondary N) is 5. The normalized spacial score (nSPS) is 13.2. The maximum absolute atomic E-state index is 12.7. The van der Waals surface area contributed by atoms with Crippen LogP contribution in [0.15, 0.2) is 72.4 Å². The van der Waals surface area contributed by atoms with E-state index in [2.05, 4.69) is 44.7 Å². The maximum atomic E-state index is 12.7. The van der Waals surface area contributed by atoms with E-state index < -0.39 is 6.23 Å². The van der Waals surface area contributed by atoms with Crippen molar-refractivity contribution in [1.29, 1.82) is 0 Å². The number of aliphatic imine (C=N–C) groups is 1. The third-order valence-corrected chi connectivity index (χ3v) is 8.42. The number of carbonyl (C=O) groups excluding carboxylic acids is 3. The highest BCUT2D eigenvalue weighted by atomic mass is 16.3. The van der Waals surface area contributed by atoms with Crippen molar-refractivity contribution in [1.82, 2.24) is 31.5 Å². The minimum Gasteiger partial charge on any atom is -0.399 e. The first-order valence-corrected chi connectivity index (χ1v) is 17.8. The van der Waals surface area contributed by atoms with E-state index in [-0.39, 0.29) is 55.4 Å². The first kappa shape index (κ1) is 43.2. The van der Waals surface area contributed by atoms with E-state index in [9.17, 15) is 19.5 Å². The number of anilines is 1. The quantitative estimate of drug-likeness (QED) is 0.0170. The van der Waals surface area contributed by atoms with Gasteiger partial charge in [-0.25, -0.2) is 0 Å². The average Bonchev–Trinajstić information content (AvgIpc) is 3.10. The molecule has 52 heavy (non-hydrogen) atoms. The highest BCUT2D eigenvalue weighted by Gasteiger charge is 2.23. The maximum Gasteiger partial charge on any atom is 0.234 e. The third kappa shape index (κ3) is 17.3. The van der Waals surface area contributed by atoms with Gasteiger partial charge in [0, 0.05) is 56.2 Å². The summed E-state index contributed by atoms with van der Waals surface area (Å²) in [5.41, 5.74) is 21.8. The van der Waals surface area contributed by atoms with Crippen molar-refractivity contribution in [2.75, 3.05) is 32.4 Å². The number of rotatable bonds is 26. The second-order valence-electron chi connectivity index (χ2n) is 13.0. The predicted molar refractivity (Wildman–Crippen MR) is 209 cm³/mol. The predicted octanol–water partition coefficient (Wildman–Crippen LogP) is 1.66. The molecule has 12 N–H and O–H groups in total. The Morgan fingerprint density at radius 3 is 2.37 bits per heavy atom. The Hall–Kier alpha value is -4.92. The van der Waals surface area contributed by atoms with Crippen molar-refractivity contribution < 1.29 is 19.5 Å². The van der Waals surface area contributed by atoms with Crippen LogP contribution in [-0.4, -0.2) is 85.2 Å². The van der Waals surface area contributed by atoms with E-state index in [1.807, 2.05) is 48.3 Å². The molecule has 0 fully saturated rings. The lowest BCUT2D eigenvalue weighted by atomic mass is 10.0. The Bertz CT molecular complexity index is 1460. The van der Waals surface area contributed by atoms with Crippen LogP contribution in [0.5, 0.6) is 0 Å². The zero-order chi connectivity index (χ0) is 38.5. The van der Waals surface area contributed by atoms with Gasteiger partial charge in [-0.05, 0) is 80.8 Å². The molecule has 2 rings (SSSR count). The van der Waals surface area contributed by atoms with E-state index in [1.165, 1.54) is 0 Å². The molecule has 4 unspecified atom stereocenters. The fourth-order valence-corrected chi connectivity index (χ4v) is 5.45. The molecule has 2 amide bonds. The van der Waals surface area contributed by atoms with Gasteiger partial charge in [0.25, 0.3) is 0 Å². The third-order valence-electron chi connectivity index (χ3n) is 8.42. The summed E-state index contributed by atoms with van der Waals surface area (Å²) in [5.74, 6) is -0.268. The molecule has 0 spiro atoms. The number of hydrogen-bond acceptors (Lipinski definition) is 10. The first-order chi connectivity index (χ1) is 24.8. The summed E-state index contributed by atoms with van der Waals surface area (Å²) in [5, 5.41) is 25.5. The summed E-state index contributed by atoms with van der Waals surface area (Å²) in [4.78, 5) is 42.2. The van der Waals surface area contributed by atoms with Crippen LogP contribution in [0.3, 0.4) is 0 Å². The molecule has 0 bridgehead atoms. The Balaban J connectivity index is 2.17. The number of aliphatic hydroxyl groups excluding tert-OH is 1. The van der Waals surface area contributed by atoms with E-state index in [4.69, 9.17) is 17.2 Å². The Morgan fingerprint density at radius 2 is 1.69 bits per heavy atom. The minimum absolute atomic E-state index is 0.0146. The molecular formula is C38H60N10O4. The minimum atomic E-state index is -0.637. The number of unbranched alkanes of at least 4 members (excludes halogenated alkanes) is 1. The summed E-state index contributed by atoms with van der Waals surface area (Å²) < 4.78 is 0. The topological polar surface area (TPSA) is 225 Å².